The van der Waals surface area contributed by atoms with Gasteiger partial charge in [-0.05, 0) is 23.8 Å². The van der Waals surface area contributed by atoms with Crippen molar-refractivity contribution >= 4 is 6.03 Å². The molecule has 2 rings (SSSR count). The lowest BCUT2D eigenvalue weighted by Crippen LogP contribution is -2.36. The Morgan fingerprint density at radius 2 is 2.33 bits per heavy atom. The van der Waals surface area contributed by atoms with Gasteiger partial charge in [-0.1, -0.05) is 6.07 Å². The molecule has 2 amide bonds. The third kappa shape index (κ3) is 3.35. The van der Waals surface area contributed by atoms with Crippen LogP contribution in [0.25, 0.3) is 0 Å². The first kappa shape index (κ1) is 12.2. The van der Waals surface area contributed by atoms with E-state index in [1.807, 2.05) is 18.2 Å². The van der Waals surface area contributed by atoms with Gasteiger partial charge in [0.1, 0.15) is 5.76 Å². The monoisotopic (exact) mass is 245 g/mol. The number of urea groups is 1. The van der Waals surface area contributed by atoms with Crippen molar-refractivity contribution in [1.82, 2.24) is 15.2 Å². The summed E-state index contributed by atoms with van der Waals surface area (Å²) in [6.07, 6.45) is 5.04. The highest BCUT2D eigenvalue weighted by atomic mass is 16.3. The molecule has 0 aromatic carbocycles. The number of nitrogens with one attached hydrogen (secondary N) is 1. The number of nitrogens with zero attached hydrogens (tertiary/aromatic N) is 2. The first-order chi connectivity index (χ1) is 8.75. The summed E-state index contributed by atoms with van der Waals surface area (Å²) in [5, 5.41) is 2.78. The van der Waals surface area contributed by atoms with Gasteiger partial charge in [-0.3, -0.25) is 4.98 Å². The Balaban J connectivity index is 1.82. The van der Waals surface area contributed by atoms with Gasteiger partial charge in [0.25, 0.3) is 0 Å². The zero-order chi connectivity index (χ0) is 12.8. The van der Waals surface area contributed by atoms with E-state index in [2.05, 4.69) is 10.3 Å². The van der Waals surface area contributed by atoms with Crippen LogP contribution < -0.4 is 5.32 Å². The van der Waals surface area contributed by atoms with Crippen molar-refractivity contribution in [2.24, 2.45) is 0 Å². The van der Waals surface area contributed by atoms with Gasteiger partial charge in [0.05, 0.1) is 12.8 Å². The van der Waals surface area contributed by atoms with Gasteiger partial charge in [-0.15, -0.1) is 0 Å². The molecule has 5 heteroatoms. The molecule has 2 aromatic rings. The molecule has 0 bridgehead atoms. The zero-order valence-electron chi connectivity index (χ0n) is 10.2. The molecule has 0 aliphatic rings. The van der Waals surface area contributed by atoms with Crippen LogP contribution in [0.3, 0.4) is 0 Å². The topological polar surface area (TPSA) is 58.4 Å². The Morgan fingerprint density at radius 1 is 1.44 bits per heavy atom. The average Bonchev–Trinajstić information content (AvgIpc) is 2.90. The lowest BCUT2D eigenvalue weighted by Gasteiger charge is -2.17. The molecule has 5 nitrogen and oxygen atoms in total. The number of carbonyl (C=O) groups is 1. The number of carbonyl (C=O) groups excluding carboxylic acids is 1. The molecule has 18 heavy (non-hydrogen) atoms. The van der Waals surface area contributed by atoms with Crippen molar-refractivity contribution in [3.63, 3.8) is 0 Å². The standard InChI is InChI=1S/C13H15N3O2/c1-16(10-11-4-2-6-14-8-11)13(17)15-9-12-5-3-7-18-12/h2-8H,9-10H2,1H3,(H,15,17). The minimum Gasteiger partial charge on any atom is -0.467 e. The Bertz CT molecular complexity index is 482. The average molecular weight is 245 g/mol. The minimum atomic E-state index is -0.143. The fraction of sp³-hybridized carbons (Fsp3) is 0.231. The molecular formula is C13H15N3O2. The smallest absolute Gasteiger partial charge is 0.317 e. The normalized spacial score (nSPS) is 10.1. The van der Waals surface area contributed by atoms with Gasteiger partial charge in [-0.2, -0.15) is 0 Å². The lowest BCUT2D eigenvalue weighted by atomic mass is 10.3. The van der Waals surface area contributed by atoms with Crippen LogP contribution in [0.1, 0.15) is 11.3 Å². The van der Waals surface area contributed by atoms with Gasteiger partial charge in [0.15, 0.2) is 0 Å². The Morgan fingerprint density at radius 3 is 3.00 bits per heavy atom. The second-order valence-corrected chi connectivity index (χ2v) is 3.96. The van der Waals surface area contributed by atoms with Crippen LogP contribution in [0.5, 0.6) is 0 Å². The van der Waals surface area contributed by atoms with Gasteiger partial charge in [0.2, 0.25) is 0 Å². The molecular weight excluding hydrogens is 230 g/mol. The van der Waals surface area contributed by atoms with Crippen molar-refractivity contribution in [2.45, 2.75) is 13.1 Å². The third-order valence-corrected chi connectivity index (χ3v) is 2.48. The van der Waals surface area contributed by atoms with E-state index in [1.165, 1.54) is 0 Å². The fourth-order valence-electron chi connectivity index (χ4n) is 1.55. The Kier molecular flexibility index (Phi) is 3.96. The number of hydrogen-bond acceptors (Lipinski definition) is 3. The largest absolute Gasteiger partial charge is 0.467 e. The van der Waals surface area contributed by atoms with E-state index in [4.69, 9.17) is 4.42 Å². The molecule has 0 aliphatic carbocycles. The first-order valence-corrected chi connectivity index (χ1v) is 5.66. The highest BCUT2D eigenvalue weighted by Gasteiger charge is 2.09. The van der Waals surface area contributed by atoms with Crippen LogP contribution in [-0.4, -0.2) is 23.0 Å². The second-order valence-electron chi connectivity index (χ2n) is 3.96. The van der Waals surface area contributed by atoms with Crippen molar-refractivity contribution < 1.29 is 9.21 Å². The maximum absolute atomic E-state index is 11.8. The fourth-order valence-corrected chi connectivity index (χ4v) is 1.55. The van der Waals surface area contributed by atoms with E-state index >= 15 is 0 Å². The molecule has 0 fully saturated rings. The van der Waals surface area contributed by atoms with Gasteiger partial charge >= 0.3 is 6.03 Å². The number of amides is 2. The Labute approximate surface area is 105 Å². The SMILES string of the molecule is CN(Cc1cccnc1)C(=O)NCc1ccco1. The summed E-state index contributed by atoms with van der Waals surface area (Å²) in [5.41, 5.74) is 0.994. The zero-order valence-corrected chi connectivity index (χ0v) is 10.2. The molecule has 0 radical (unpaired) electrons. The first-order valence-electron chi connectivity index (χ1n) is 5.66. The predicted molar refractivity (Wildman–Crippen MR) is 66.6 cm³/mol. The molecule has 0 spiro atoms. The number of furan rings is 1. The van der Waals surface area contributed by atoms with Crippen LogP contribution in [0.15, 0.2) is 47.3 Å². The summed E-state index contributed by atoms with van der Waals surface area (Å²) in [5.74, 6) is 0.734. The number of rotatable bonds is 4. The molecule has 0 saturated carbocycles. The molecule has 1 N–H and O–H groups in total. The van der Waals surface area contributed by atoms with Crippen molar-refractivity contribution in [3.05, 3.63) is 54.2 Å². The van der Waals surface area contributed by atoms with Gasteiger partial charge < -0.3 is 14.6 Å². The molecule has 0 atom stereocenters. The summed E-state index contributed by atoms with van der Waals surface area (Å²) < 4.78 is 5.14. The molecule has 2 heterocycles. The quantitative estimate of drug-likeness (QED) is 0.896. The van der Waals surface area contributed by atoms with Gasteiger partial charge in [0, 0.05) is 26.0 Å². The number of hydrogen-bond donors (Lipinski definition) is 1. The van der Waals surface area contributed by atoms with E-state index in [9.17, 15) is 4.79 Å². The Hall–Kier alpha value is -2.30. The number of aromatic nitrogens is 1. The molecule has 0 unspecified atom stereocenters. The highest BCUT2D eigenvalue weighted by molar-refractivity contribution is 5.73. The summed E-state index contributed by atoms with van der Waals surface area (Å²) in [6.45, 7) is 0.918. The summed E-state index contributed by atoms with van der Waals surface area (Å²) >= 11 is 0. The van der Waals surface area contributed by atoms with Gasteiger partial charge in [-0.25, -0.2) is 4.79 Å². The minimum absolute atomic E-state index is 0.143. The maximum atomic E-state index is 11.8. The summed E-state index contributed by atoms with van der Waals surface area (Å²) in [6, 6.07) is 7.26. The molecule has 0 aliphatic heterocycles. The van der Waals surface area contributed by atoms with Crippen molar-refractivity contribution in [2.75, 3.05) is 7.05 Å². The lowest BCUT2D eigenvalue weighted by molar-refractivity contribution is 0.205. The van der Waals surface area contributed by atoms with E-state index < -0.39 is 0 Å². The van der Waals surface area contributed by atoms with Crippen molar-refractivity contribution in [1.29, 1.82) is 0 Å². The van der Waals surface area contributed by atoms with E-state index in [0.717, 1.165) is 11.3 Å². The van der Waals surface area contributed by atoms with Crippen LogP contribution >= 0.6 is 0 Å². The predicted octanol–water partition coefficient (Wildman–Crippen LogP) is 2.02. The van der Waals surface area contributed by atoms with E-state index in [-0.39, 0.29) is 6.03 Å². The highest BCUT2D eigenvalue weighted by Crippen LogP contribution is 2.02. The maximum Gasteiger partial charge on any atom is 0.317 e. The number of pyridine rings is 1. The van der Waals surface area contributed by atoms with Crippen LogP contribution in [0, 0.1) is 0 Å². The van der Waals surface area contributed by atoms with Crippen LogP contribution in [-0.2, 0) is 13.1 Å². The molecule has 0 saturated heterocycles. The van der Waals surface area contributed by atoms with E-state index in [0.29, 0.717) is 13.1 Å². The third-order valence-electron chi connectivity index (χ3n) is 2.48. The second kappa shape index (κ2) is 5.86. The summed E-state index contributed by atoms with van der Waals surface area (Å²) in [4.78, 5) is 17.4. The van der Waals surface area contributed by atoms with E-state index in [1.54, 1.807) is 36.7 Å². The molecule has 2 aromatic heterocycles. The van der Waals surface area contributed by atoms with Crippen LogP contribution in [0.4, 0.5) is 4.79 Å². The van der Waals surface area contributed by atoms with Crippen LogP contribution in [0.2, 0.25) is 0 Å². The molecule has 94 valence electrons. The van der Waals surface area contributed by atoms with Crippen molar-refractivity contribution in [3.8, 4) is 0 Å². The summed E-state index contributed by atoms with van der Waals surface area (Å²) in [7, 11) is 1.74.